The molecule has 1 aromatic heterocycles. The number of anilines is 1. The summed E-state index contributed by atoms with van der Waals surface area (Å²) in [6.45, 7) is 6.27. The quantitative estimate of drug-likeness (QED) is 0.299. The van der Waals surface area contributed by atoms with Crippen LogP contribution in [0, 0.1) is 12.8 Å². The molecule has 1 saturated heterocycles. The standard InChI is InChI=1S/C25H33N3O6S/c1-17-22(27-25(35-17)28-9-12-32-13-10-28)8-11-33-20-6-4-19(5-7-23(30)31)21(14-20)24(26-16-29)34-15-18-2-3-18/h4,6,14,16,18,24H,2-3,5,7-13,15H2,1H3,(H,26,29)(H,30,31). The van der Waals surface area contributed by atoms with E-state index >= 15 is 0 Å². The fourth-order valence-electron chi connectivity index (χ4n) is 3.98. The highest BCUT2D eigenvalue weighted by Gasteiger charge is 2.25. The van der Waals surface area contributed by atoms with Gasteiger partial charge in [-0.3, -0.25) is 9.59 Å². The van der Waals surface area contributed by atoms with Gasteiger partial charge in [-0.25, -0.2) is 4.98 Å². The molecule has 2 fully saturated rings. The van der Waals surface area contributed by atoms with E-state index in [-0.39, 0.29) is 6.42 Å². The Hall–Kier alpha value is -2.69. The van der Waals surface area contributed by atoms with Gasteiger partial charge in [-0.05, 0) is 49.8 Å². The monoisotopic (exact) mass is 503 g/mol. The zero-order valence-corrected chi connectivity index (χ0v) is 20.8. The highest BCUT2D eigenvalue weighted by atomic mass is 32.1. The van der Waals surface area contributed by atoms with Gasteiger partial charge in [-0.1, -0.05) is 6.07 Å². The average Bonchev–Trinajstić information content (AvgIpc) is 3.62. The number of carbonyl (C=O) groups is 2. The van der Waals surface area contributed by atoms with E-state index < -0.39 is 12.2 Å². The first-order chi connectivity index (χ1) is 17.0. The molecule has 1 amide bonds. The van der Waals surface area contributed by atoms with Gasteiger partial charge in [-0.2, -0.15) is 0 Å². The SMILES string of the molecule is Cc1sc(N2CCOCC2)nc1CCOc1ccc(CCC(=O)O)c(C(NC=O)OCC2CC2)c1. The summed E-state index contributed by atoms with van der Waals surface area (Å²) in [5.74, 6) is 0.301. The van der Waals surface area contributed by atoms with Crippen LogP contribution in [0.4, 0.5) is 5.13 Å². The van der Waals surface area contributed by atoms with E-state index in [1.807, 2.05) is 18.2 Å². The van der Waals surface area contributed by atoms with E-state index in [0.29, 0.717) is 44.1 Å². The lowest BCUT2D eigenvalue weighted by atomic mass is 10.0. The topological polar surface area (TPSA) is 110 Å². The fourth-order valence-corrected chi connectivity index (χ4v) is 4.99. The lowest BCUT2D eigenvalue weighted by Crippen LogP contribution is -2.36. The first-order valence-electron chi connectivity index (χ1n) is 12.1. The van der Waals surface area contributed by atoms with Gasteiger partial charge in [0.25, 0.3) is 0 Å². The van der Waals surface area contributed by atoms with E-state index in [1.165, 1.54) is 4.88 Å². The van der Waals surface area contributed by atoms with E-state index in [9.17, 15) is 9.59 Å². The van der Waals surface area contributed by atoms with Gasteiger partial charge in [-0.15, -0.1) is 11.3 Å². The molecule has 1 aromatic carbocycles. The number of hydrogen-bond acceptors (Lipinski definition) is 8. The number of carboxylic acid groups (broad SMARTS) is 1. The molecule has 1 unspecified atom stereocenters. The molecule has 2 aliphatic rings. The van der Waals surface area contributed by atoms with Crippen LogP contribution in [-0.2, 0) is 31.9 Å². The van der Waals surface area contributed by atoms with Crippen molar-refractivity contribution in [3.05, 3.63) is 39.9 Å². The Morgan fingerprint density at radius 1 is 1.34 bits per heavy atom. The number of hydrogen-bond donors (Lipinski definition) is 2. The van der Waals surface area contributed by atoms with Crippen LogP contribution in [0.3, 0.4) is 0 Å². The highest BCUT2D eigenvalue weighted by Crippen LogP contribution is 2.32. The lowest BCUT2D eigenvalue weighted by molar-refractivity contribution is -0.137. The molecule has 1 aliphatic carbocycles. The van der Waals surface area contributed by atoms with Crippen LogP contribution >= 0.6 is 11.3 Å². The molecule has 10 heteroatoms. The zero-order chi connectivity index (χ0) is 24.6. The van der Waals surface area contributed by atoms with Crippen molar-refractivity contribution in [2.75, 3.05) is 44.4 Å². The van der Waals surface area contributed by atoms with Crippen molar-refractivity contribution in [1.29, 1.82) is 0 Å². The third-order valence-corrected chi connectivity index (χ3v) is 7.27. The predicted octanol–water partition coefficient (Wildman–Crippen LogP) is 3.10. The minimum absolute atomic E-state index is 0.00177. The molecule has 1 aliphatic heterocycles. The van der Waals surface area contributed by atoms with E-state index in [2.05, 4.69) is 17.1 Å². The summed E-state index contributed by atoms with van der Waals surface area (Å²) in [7, 11) is 0. The molecule has 2 aromatic rings. The molecule has 0 spiro atoms. The average molecular weight is 504 g/mol. The molecule has 190 valence electrons. The Bertz CT molecular complexity index is 1000. The second kappa shape index (κ2) is 12.3. The van der Waals surface area contributed by atoms with Gasteiger partial charge >= 0.3 is 5.97 Å². The van der Waals surface area contributed by atoms with Crippen molar-refractivity contribution in [3.63, 3.8) is 0 Å². The smallest absolute Gasteiger partial charge is 0.303 e. The summed E-state index contributed by atoms with van der Waals surface area (Å²) in [5, 5.41) is 12.9. The van der Waals surface area contributed by atoms with Crippen LogP contribution < -0.4 is 15.0 Å². The van der Waals surface area contributed by atoms with Gasteiger partial charge < -0.3 is 29.5 Å². The van der Waals surface area contributed by atoms with Crippen LogP contribution in [0.25, 0.3) is 0 Å². The van der Waals surface area contributed by atoms with Crippen LogP contribution in [0.5, 0.6) is 5.75 Å². The Morgan fingerprint density at radius 2 is 2.14 bits per heavy atom. The number of carbonyl (C=O) groups excluding carboxylic acids is 1. The van der Waals surface area contributed by atoms with Crippen LogP contribution in [0.2, 0.25) is 0 Å². The van der Waals surface area contributed by atoms with Crippen LogP contribution in [0.15, 0.2) is 18.2 Å². The number of nitrogens with one attached hydrogen (secondary N) is 1. The largest absolute Gasteiger partial charge is 0.493 e. The Labute approximate surface area is 209 Å². The van der Waals surface area contributed by atoms with Crippen LogP contribution in [-0.4, -0.2) is 62.0 Å². The minimum atomic E-state index is -0.870. The third kappa shape index (κ3) is 7.39. The molecule has 9 nitrogen and oxygen atoms in total. The second-order valence-corrected chi connectivity index (χ2v) is 10.1. The maximum Gasteiger partial charge on any atom is 0.303 e. The minimum Gasteiger partial charge on any atom is -0.493 e. The molecule has 1 atom stereocenters. The Morgan fingerprint density at radius 3 is 2.86 bits per heavy atom. The first-order valence-corrected chi connectivity index (χ1v) is 12.9. The van der Waals surface area contributed by atoms with Crippen molar-refractivity contribution in [1.82, 2.24) is 10.3 Å². The molecule has 0 radical (unpaired) electrons. The van der Waals surface area contributed by atoms with Crippen molar-refractivity contribution in [2.45, 2.75) is 45.3 Å². The number of nitrogens with zero attached hydrogens (tertiary/aromatic N) is 2. The summed E-state index contributed by atoms with van der Waals surface area (Å²) < 4.78 is 17.5. The number of carboxylic acids is 1. The number of aliphatic carboxylic acids is 1. The van der Waals surface area contributed by atoms with Crippen LogP contribution in [0.1, 0.15) is 47.2 Å². The number of aryl methyl sites for hydroxylation is 2. The molecular weight excluding hydrogens is 470 g/mol. The normalized spacial score (nSPS) is 16.7. The Balaban J connectivity index is 1.42. The third-order valence-electron chi connectivity index (χ3n) is 6.19. The van der Waals surface area contributed by atoms with Gasteiger partial charge in [0.2, 0.25) is 6.41 Å². The molecule has 1 saturated carbocycles. The summed E-state index contributed by atoms with van der Waals surface area (Å²) in [5.41, 5.74) is 2.58. The van der Waals surface area contributed by atoms with Gasteiger partial charge in [0, 0.05) is 36.4 Å². The lowest BCUT2D eigenvalue weighted by Gasteiger charge is -2.26. The zero-order valence-electron chi connectivity index (χ0n) is 20.0. The van der Waals surface area contributed by atoms with E-state index in [4.69, 9.17) is 24.3 Å². The maximum atomic E-state index is 11.3. The highest BCUT2D eigenvalue weighted by molar-refractivity contribution is 7.15. The van der Waals surface area contributed by atoms with Gasteiger partial charge in [0.15, 0.2) is 11.4 Å². The summed E-state index contributed by atoms with van der Waals surface area (Å²) >= 11 is 1.70. The van der Waals surface area contributed by atoms with Gasteiger partial charge in [0.05, 0.1) is 32.1 Å². The molecule has 2 heterocycles. The summed E-state index contributed by atoms with van der Waals surface area (Å²) in [6.07, 6.45) is 3.26. The number of morpholine rings is 1. The Kier molecular flexibility index (Phi) is 8.95. The molecule has 4 rings (SSSR count). The van der Waals surface area contributed by atoms with E-state index in [1.54, 1.807) is 11.3 Å². The van der Waals surface area contributed by atoms with Gasteiger partial charge in [0.1, 0.15) is 5.75 Å². The second-order valence-electron chi connectivity index (χ2n) is 8.89. The molecular formula is C25H33N3O6S. The number of ether oxygens (including phenoxy) is 3. The number of amides is 1. The number of aromatic nitrogens is 1. The number of thiazole rings is 1. The predicted molar refractivity (Wildman–Crippen MR) is 132 cm³/mol. The van der Waals surface area contributed by atoms with Crippen molar-refractivity contribution >= 4 is 28.8 Å². The fraction of sp³-hybridized carbons (Fsp3) is 0.560. The molecule has 35 heavy (non-hydrogen) atoms. The van der Waals surface area contributed by atoms with Crippen molar-refractivity contribution in [3.8, 4) is 5.75 Å². The summed E-state index contributed by atoms with van der Waals surface area (Å²) in [4.78, 5) is 30.7. The van der Waals surface area contributed by atoms with Crippen molar-refractivity contribution < 1.29 is 28.9 Å². The van der Waals surface area contributed by atoms with E-state index in [0.717, 1.165) is 61.1 Å². The number of benzene rings is 1. The van der Waals surface area contributed by atoms with Crippen molar-refractivity contribution in [2.24, 2.45) is 5.92 Å². The maximum absolute atomic E-state index is 11.3. The first kappa shape index (κ1) is 25.4. The molecule has 0 bridgehead atoms. The number of rotatable bonds is 14. The summed E-state index contributed by atoms with van der Waals surface area (Å²) in [6, 6.07) is 5.54. The molecule has 2 N–H and O–H groups in total.